The van der Waals surface area contributed by atoms with Crippen molar-refractivity contribution in [2.24, 2.45) is 0 Å². The lowest BCUT2D eigenvalue weighted by Crippen LogP contribution is -2.37. The molecule has 0 atom stereocenters. The van der Waals surface area contributed by atoms with Crippen LogP contribution in [0.25, 0.3) is 0 Å². The molecule has 1 amide bonds. The van der Waals surface area contributed by atoms with E-state index in [0.29, 0.717) is 19.6 Å². The molecule has 1 aromatic heterocycles. The molecule has 2 heterocycles. The van der Waals surface area contributed by atoms with Gasteiger partial charge in [0.2, 0.25) is 5.91 Å². The highest BCUT2D eigenvalue weighted by Gasteiger charge is 2.19. The van der Waals surface area contributed by atoms with Gasteiger partial charge < -0.3 is 14.6 Å². The summed E-state index contributed by atoms with van der Waals surface area (Å²) in [6, 6.07) is 0. The van der Waals surface area contributed by atoms with Crippen LogP contribution in [0.3, 0.4) is 0 Å². The van der Waals surface area contributed by atoms with E-state index in [4.69, 9.17) is 5.11 Å². The molecule has 0 saturated heterocycles. The molecule has 0 unspecified atom stereocenters. The van der Waals surface area contributed by atoms with Gasteiger partial charge in [-0.2, -0.15) is 0 Å². The average molecular weight is 221 g/mol. The van der Waals surface area contributed by atoms with Gasteiger partial charge in [-0.15, -0.1) is 0 Å². The Morgan fingerprint density at radius 1 is 1.38 bits per heavy atom. The summed E-state index contributed by atoms with van der Waals surface area (Å²) in [5.41, 5.74) is 0. The molecule has 6 nitrogen and oxygen atoms in total. The Balaban J connectivity index is 2.03. The van der Waals surface area contributed by atoms with Gasteiger partial charge in [-0.3, -0.25) is 4.79 Å². The van der Waals surface area contributed by atoms with Crippen LogP contribution in [0.5, 0.6) is 0 Å². The zero-order valence-corrected chi connectivity index (χ0v) is 8.54. The van der Waals surface area contributed by atoms with Crippen LogP contribution in [0.4, 0.5) is 0 Å². The quantitative estimate of drug-likeness (QED) is 0.705. The molecule has 1 aliphatic heterocycles. The van der Waals surface area contributed by atoms with Gasteiger partial charge in [0.05, 0.1) is 6.54 Å². The second-order valence-electron chi connectivity index (χ2n) is 3.47. The third-order valence-corrected chi connectivity index (χ3v) is 2.42. The van der Waals surface area contributed by atoms with Gasteiger partial charge in [0.1, 0.15) is 5.82 Å². The van der Waals surface area contributed by atoms with Crippen LogP contribution < -0.4 is 0 Å². The number of hydrogen-bond donors (Lipinski definition) is 1. The van der Waals surface area contributed by atoms with Gasteiger partial charge in [0, 0.05) is 37.6 Å². The Kier molecular flexibility index (Phi) is 2.72. The summed E-state index contributed by atoms with van der Waals surface area (Å²) in [6.45, 7) is 1.70. The van der Waals surface area contributed by atoms with E-state index in [9.17, 15) is 9.59 Å². The number of amides is 1. The molecule has 0 spiro atoms. The van der Waals surface area contributed by atoms with E-state index in [1.54, 1.807) is 11.1 Å². The van der Waals surface area contributed by atoms with Gasteiger partial charge in [0.25, 0.3) is 0 Å². The van der Waals surface area contributed by atoms with Crippen molar-refractivity contribution >= 4 is 11.9 Å². The fraction of sp³-hybridized carbons (Fsp3) is 0.300. The second-order valence-corrected chi connectivity index (χ2v) is 3.47. The van der Waals surface area contributed by atoms with Crippen LogP contribution in [0, 0.1) is 0 Å². The summed E-state index contributed by atoms with van der Waals surface area (Å²) < 4.78 is 1.98. The van der Waals surface area contributed by atoms with E-state index in [2.05, 4.69) is 4.98 Å². The SMILES string of the molecule is O=C(O)C=CC(=O)N1CCn2ccnc2C1. The smallest absolute Gasteiger partial charge is 0.328 e. The van der Waals surface area contributed by atoms with Crippen molar-refractivity contribution in [3.05, 3.63) is 30.4 Å². The summed E-state index contributed by atoms with van der Waals surface area (Å²) in [6.07, 6.45) is 5.48. The molecule has 1 aliphatic rings. The van der Waals surface area contributed by atoms with Crippen molar-refractivity contribution in [1.29, 1.82) is 0 Å². The van der Waals surface area contributed by atoms with Crippen LogP contribution >= 0.6 is 0 Å². The fourth-order valence-corrected chi connectivity index (χ4v) is 1.61. The van der Waals surface area contributed by atoms with E-state index in [-0.39, 0.29) is 5.91 Å². The summed E-state index contributed by atoms with van der Waals surface area (Å²) in [5, 5.41) is 8.41. The molecule has 0 fully saturated rings. The minimum absolute atomic E-state index is 0.295. The Hall–Kier alpha value is -2.11. The Morgan fingerprint density at radius 3 is 2.94 bits per heavy atom. The molecular weight excluding hydrogens is 210 g/mol. The molecule has 16 heavy (non-hydrogen) atoms. The van der Waals surface area contributed by atoms with Crippen LogP contribution in [-0.2, 0) is 22.7 Å². The van der Waals surface area contributed by atoms with Crippen LogP contribution in [0.2, 0.25) is 0 Å². The zero-order chi connectivity index (χ0) is 11.5. The van der Waals surface area contributed by atoms with Crippen molar-refractivity contribution in [1.82, 2.24) is 14.5 Å². The lowest BCUT2D eigenvalue weighted by atomic mass is 10.3. The maximum atomic E-state index is 11.6. The lowest BCUT2D eigenvalue weighted by Gasteiger charge is -2.26. The number of carboxylic acid groups (broad SMARTS) is 1. The Labute approximate surface area is 91.8 Å². The maximum Gasteiger partial charge on any atom is 0.328 e. The van der Waals surface area contributed by atoms with Gasteiger partial charge in [-0.25, -0.2) is 9.78 Å². The Bertz CT molecular complexity index is 450. The first kappa shape index (κ1) is 10.4. The standard InChI is InChI=1S/C10H11N3O3/c14-9(1-2-10(15)16)13-6-5-12-4-3-11-8(12)7-13/h1-4H,5-7H2,(H,15,16). The number of imidazole rings is 1. The monoisotopic (exact) mass is 221 g/mol. The number of carboxylic acids is 1. The van der Waals surface area contributed by atoms with Gasteiger partial charge in [-0.1, -0.05) is 0 Å². The molecule has 84 valence electrons. The number of hydrogen-bond acceptors (Lipinski definition) is 3. The number of nitrogens with zero attached hydrogens (tertiary/aromatic N) is 3. The minimum Gasteiger partial charge on any atom is -0.478 e. The van der Waals surface area contributed by atoms with Crippen molar-refractivity contribution < 1.29 is 14.7 Å². The summed E-state index contributed by atoms with van der Waals surface area (Å²) in [4.78, 5) is 27.5. The third-order valence-electron chi connectivity index (χ3n) is 2.42. The number of aliphatic carboxylic acids is 1. The highest BCUT2D eigenvalue weighted by atomic mass is 16.4. The second kappa shape index (κ2) is 4.18. The van der Waals surface area contributed by atoms with Crippen LogP contribution in [-0.4, -0.2) is 38.0 Å². The largest absolute Gasteiger partial charge is 0.478 e. The van der Waals surface area contributed by atoms with Crippen molar-refractivity contribution in [3.8, 4) is 0 Å². The molecule has 0 radical (unpaired) electrons. The number of rotatable bonds is 2. The minimum atomic E-state index is -1.12. The van der Waals surface area contributed by atoms with E-state index in [0.717, 1.165) is 18.0 Å². The molecule has 0 aliphatic carbocycles. The van der Waals surface area contributed by atoms with Gasteiger partial charge in [-0.05, 0) is 0 Å². The highest BCUT2D eigenvalue weighted by Crippen LogP contribution is 2.10. The topological polar surface area (TPSA) is 75.4 Å². The predicted octanol–water partition coefficient (Wildman–Crippen LogP) is -0.134. The number of aromatic nitrogens is 2. The predicted molar refractivity (Wildman–Crippen MR) is 54.4 cm³/mol. The molecule has 1 N–H and O–H groups in total. The normalized spacial score (nSPS) is 15.1. The third kappa shape index (κ3) is 2.10. The van der Waals surface area contributed by atoms with Crippen molar-refractivity contribution in [2.75, 3.05) is 6.54 Å². The lowest BCUT2D eigenvalue weighted by molar-refractivity contribution is -0.132. The molecule has 0 aromatic carbocycles. The fourth-order valence-electron chi connectivity index (χ4n) is 1.61. The Morgan fingerprint density at radius 2 is 2.19 bits per heavy atom. The number of fused-ring (bicyclic) bond motifs is 1. The first-order valence-corrected chi connectivity index (χ1v) is 4.87. The van der Waals surface area contributed by atoms with Crippen molar-refractivity contribution in [3.63, 3.8) is 0 Å². The van der Waals surface area contributed by atoms with Gasteiger partial charge in [0.15, 0.2) is 0 Å². The first-order valence-electron chi connectivity index (χ1n) is 4.87. The van der Waals surface area contributed by atoms with Crippen molar-refractivity contribution in [2.45, 2.75) is 13.1 Å². The molecule has 6 heteroatoms. The molecule has 1 aromatic rings. The first-order chi connectivity index (χ1) is 7.66. The molecule has 0 saturated carbocycles. The zero-order valence-electron chi connectivity index (χ0n) is 8.54. The molecule has 2 rings (SSSR count). The van der Waals surface area contributed by atoms with E-state index < -0.39 is 5.97 Å². The number of carbonyl (C=O) groups is 2. The number of carbonyl (C=O) groups excluding carboxylic acids is 1. The average Bonchev–Trinajstić information content (AvgIpc) is 2.72. The highest BCUT2D eigenvalue weighted by molar-refractivity contribution is 5.93. The summed E-state index contributed by atoms with van der Waals surface area (Å²) in [7, 11) is 0. The van der Waals surface area contributed by atoms with Crippen LogP contribution in [0.15, 0.2) is 24.5 Å². The molecular formula is C10H11N3O3. The van der Waals surface area contributed by atoms with Gasteiger partial charge >= 0.3 is 5.97 Å². The maximum absolute atomic E-state index is 11.6. The van der Waals surface area contributed by atoms with E-state index in [1.807, 2.05) is 10.8 Å². The van der Waals surface area contributed by atoms with Crippen LogP contribution in [0.1, 0.15) is 5.82 Å². The van der Waals surface area contributed by atoms with E-state index >= 15 is 0 Å². The molecule has 0 bridgehead atoms. The summed E-state index contributed by atoms with van der Waals surface area (Å²) >= 11 is 0. The van der Waals surface area contributed by atoms with E-state index in [1.165, 1.54) is 0 Å². The summed E-state index contributed by atoms with van der Waals surface area (Å²) in [5.74, 6) is -0.591.